The summed E-state index contributed by atoms with van der Waals surface area (Å²) in [7, 11) is 4.09. The molecule has 1 aliphatic rings. The first-order valence-electron chi connectivity index (χ1n) is 10.8. The summed E-state index contributed by atoms with van der Waals surface area (Å²) in [4.78, 5) is 2.10. The third-order valence-electron chi connectivity index (χ3n) is 6.01. The van der Waals surface area contributed by atoms with Crippen LogP contribution in [0.2, 0.25) is 5.02 Å². The SMILES string of the molecule is Cc1cc2c(cc1Cl)Cc1ccc(Nc3ccc(Nc4ccc(N(C)C)cc4)cc3)cc1-2. The van der Waals surface area contributed by atoms with E-state index in [0.29, 0.717) is 0 Å². The van der Waals surface area contributed by atoms with Gasteiger partial charge < -0.3 is 15.5 Å². The van der Waals surface area contributed by atoms with Crippen LogP contribution in [0.3, 0.4) is 0 Å². The maximum Gasteiger partial charge on any atom is 0.0438 e. The molecule has 0 unspecified atom stereocenters. The molecule has 4 aromatic rings. The van der Waals surface area contributed by atoms with E-state index in [4.69, 9.17) is 11.6 Å². The second-order valence-electron chi connectivity index (χ2n) is 8.58. The van der Waals surface area contributed by atoms with Crippen LogP contribution in [0.25, 0.3) is 11.1 Å². The van der Waals surface area contributed by atoms with Crippen molar-refractivity contribution in [3.63, 3.8) is 0 Å². The van der Waals surface area contributed by atoms with Crippen LogP contribution in [0.15, 0.2) is 78.9 Å². The molecule has 0 heterocycles. The molecule has 0 aromatic heterocycles. The number of fused-ring (bicyclic) bond motifs is 3. The molecule has 0 atom stereocenters. The lowest BCUT2D eigenvalue weighted by Crippen LogP contribution is -2.08. The number of benzene rings is 4. The Kier molecular flexibility index (Phi) is 5.28. The van der Waals surface area contributed by atoms with Gasteiger partial charge in [-0.2, -0.15) is 0 Å². The highest BCUT2D eigenvalue weighted by Gasteiger charge is 2.20. The van der Waals surface area contributed by atoms with Crippen molar-refractivity contribution in [2.24, 2.45) is 0 Å². The van der Waals surface area contributed by atoms with Crippen LogP contribution in [0.1, 0.15) is 16.7 Å². The van der Waals surface area contributed by atoms with Crippen LogP contribution < -0.4 is 15.5 Å². The number of halogens is 1. The second-order valence-corrected chi connectivity index (χ2v) is 8.98. The molecule has 0 radical (unpaired) electrons. The summed E-state index contributed by atoms with van der Waals surface area (Å²) in [6, 6.07) is 27.7. The van der Waals surface area contributed by atoms with Gasteiger partial charge in [0, 0.05) is 47.6 Å². The van der Waals surface area contributed by atoms with Gasteiger partial charge in [0.25, 0.3) is 0 Å². The van der Waals surface area contributed by atoms with Gasteiger partial charge in [-0.3, -0.25) is 0 Å². The molecule has 3 nitrogen and oxygen atoms in total. The van der Waals surface area contributed by atoms with E-state index < -0.39 is 0 Å². The minimum absolute atomic E-state index is 0.845. The third-order valence-corrected chi connectivity index (χ3v) is 6.42. The number of hydrogen-bond donors (Lipinski definition) is 2. The Morgan fingerprint density at radius 1 is 0.656 bits per heavy atom. The predicted molar refractivity (Wildman–Crippen MR) is 138 cm³/mol. The average Bonchev–Trinajstić information content (AvgIpc) is 3.12. The van der Waals surface area contributed by atoms with Gasteiger partial charge in [0.2, 0.25) is 0 Å². The topological polar surface area (TPSA) is 27.3 Å². The first-order chi connectivity index (χ1) is 15.5. The first kappa shape index (κ1) is 20.5. The maximum absolute atomic E-state index is 6.34. The van der Waals surface area contributed by atoms with E-state index in [-0.39, 0.29) is 0 Å². The average molecular weight is 440 g/mol. The molecule has 2 N–H and O–H groups in total. The van der Waals surface area contributed by atoms with Crippen LogP contribution >= 0.6 is 11.6 Å². The minimum Gasteiger partial charge on any atom is -0.378 e. The molecule has 0 fully saturated rings. The van der Waals surface area contributed by atoms with Crippen molar-refractivity contribution >= 4 is 40.0 Å². The van der Waals surface area contributed by atoms with E-state index in [0.717, 1.165) is 39.8 Å². The highest BCUT2D eigenvalue weighted by Crippen LogP contribution is 2.40. The number of anilines is 5. The van der Waals surface area contributed by atoms with Gasteiger partial charge in [-0.1, -0.05) is 17.7 Å². The Morgan fingerprint density at radius 2 is 1.19 bits per heavy atom. The molecule has 0 amide bonds. The van der Waals surface area contributed by atoms with Gasteiger partial charge in [0.1, 0.15) is 0 Å². The molecule has 1 aliphatic carbocycles. The van der Waals surface area contributed by atoms with Crippen LogP contribution in [0.5, 0.6) is 0 Å². The Morgan fingerprint density at radius 3 is 1.81 bits per heavy atom. The molecule has 0 saturated carbocycles. The van der Waals surface area contributed by atoms with E-state index in [9.17, 15) is 0 Å². The lowest BCUT2D eigenvalue weighted by molar-refractivity contribution is 1.13. The largest absolute Gasteiger partial charge is 0.378 e. The van der Waals surface area contributed by atoms with Crippen LogP contribution in [-0.2, 0) is 6.42 Å². The van der Waals surface area contributed by atoms with E-state index in [1.165, 1.54) is 27.9 Å². The molecule has 0 saturated heterocycles. The van der Waals surface area contributed by atoms with Crippen LogP contribution in [0, 0.1) is 6.92 Å². The van der Waals surface area contributed by atoms with Gasteiger partial charge in [-0.05, 0) is 114 Å². The standard InChI is InChI=1S/C28H26ClN3/c1-18-14-26-20(16-28(18)29)15-19-4-5-24(17-27(19)26)31-22-8-6-21(7-9-22)30-23-10-12-25(13-11-23)32(2)3/h4-14,16-17,30-31H,15H2,1-3H3. The summed E-state index contributed by atoms with van der Waals surface area (Å²) < 4.78 is 0. The maximum atomic E-state index is 6.34. The summed E-state index contributed by atoms with van der Waals surface area (Å²) in [5, 5.41) is 7.85. The number of hydrogen-bond acceptors (Lipinski definition) is 3. The summed E-state index contributed by atoms with van der Waals surface area (Å²) >= 11 is 6.34. The van der Waals surface area contributed by atoms with Crippen molar-refractivity contribution in [1.82, 2.24) is 0 Å². The quantitative estimate of drug-likeness (QED) is 0.293. The zero-order valence-corrected chi connectivity index (χ0v) is 19.3. The number of nitrogens with one attached hydrogen (secondary N) is 2. The zero-order valence-electron chi connectivity index (χ0n) is 18.5. The molecule has 0 bridgehead atoms. The van der Waals surface area contributed by atoms with Gasteiger partial charge in [-0.25, -0.2) is 0 Å². The number of nitrogens with zero attached hydrogens (tertiary/aromatic N) is 1. The van der Waals surface area contributed by atoms with Crippen molar-refractivity contribution < 1.29 is 0 Å². The summed E-state index contributed by atoms with van der Waals surface area (Å²) in [6.07, 6.45) is 0.945. The highest BCUT2D eigenvalue weighted by molar-refractivity contribution is 6.31. The molecule has 0 spiro atoms. The highest BCUT2D eigenvalue weighted by atomic mass is 35.5. The van der Waals surface area contributed by atoms with Gasteiger partial charge in [0.15, 0.2) is 0 Å². The Balaban J connectivity index is 1.31. The Hall–Kier alpha value is -3.43. The molecule has 5 rings (SSSR count). The molecule has 0 aliphatic heterocycles. The van der Waals surface area contributed by atoms with Crippen molar-refractivity contribution in [1.29, 1.82) is 0 Å². The third kappa shape index (κ3) is 4.04. The van der Waals surface area contributed by atoms with E-state index in [1.54, 1.807) is 0 Å². The lowest BCUT2D eigenvalue weighted by atomic mass is 10.0. The van der Waals surface area contributed by atoms with E-state index >= 15 is 0 Å². The summed E-state index contributed by atoms with van der Waals surface area (Å²) in [5.74, 6) is 0. The minimum atomic E-state index is 0.845. The predicted octanol–water partition coefficient (Wildman–Crippen LogP) is 7.77. The monoisotopic (exact) mass is 439 g/mol. The normalized spacial score (nSPS) is 11.6. The molecular weight excluding hydrogens is 414 g/mol. The van der Waals surface area contributed by atoms with Crippen molar-refractivity contribution in [2.75, 3.05) is 29.6 Å². The Labute approximate surface area is 194 Å². The second kappa shape index (κ2) is 8.25. The molecule has 160 valence electrons. The number of aryl methyl sites for hydroxylation is 1. The molecule has 4 heteroatoms. The van der Waals surface area contributed by atoms with Gasteiger partial charge >= 0.3 is 0 Å². The van der Waals surface area contributed by atoms with E-state index in [1.807, 2.05) is 14.1 Å². The van der Waals surface area contributed by atoms with Gasteiger partial charge in [-0.15, -0.1) is 0 Å². The van der Waals surface area contributed by atoms with Crippen molar-refractivity contribution in [2.45, 2.75) is 13.3 Å². The first-order valence-corrected chi connectivity index (χ1v) is 11.2. The number of rotatable bonds is 5. The molecule has 4 aromatic carbocycles. The van der Waals surface area contributed by atoms with Crippen LogP contribution in [0.4, 0.5) is 28.4 Å². The fourth-order valence-corrected chi connectivity index (χ4v) is 4.38. The zero-order chi connectivity index (χ0) is 22.2. The summed E-state index contributed by atoms with van der Waals surface area (Å²) in [6.45, 7) is 2.06. The van der Waals surface area contributed by atoms with Gasteiger partial charge in [0.05, 0.1) is 0 Å². The molecular formula is C28H26ClN3. The summed E-state index contributed by atoms with van der Waals surface area (Å²) in [5.41, 5.74) is 11.8. The van der Waals surface area contributed by atoms with E-state index in [2.05, 4.69) is 101 Å². The smallest absolute Gasteiger partial charge is 0.0438 e. The Bertz CT molecular complexity index is 1280. The van der Waals surface area contributed by atoms with Crippen molar-refractivity contribution in [3.8, 4) is 11.1 Å². The fraction of sp³-hybridized carbons (Fsp3) is 0.143. The van der Waals surface area contributed by atoms with Crippen molar-refractivity contribution in [3.05, 3.63) is 101 Å². The fourth-order valence-electron chi connectivity index (χ4n) is 4.20. The molecule has 32 heavy (non-hydrogen) atoms. The lowest BCUT2D eigenvalue weighted by Gasteiger charge is -2.14. The van der Waals surface area contributed by atoms with Crippen LogP contribution in [-0.4, -0.2) is 14.1 Å².